The fraction of sp³-hybridized carbons (Fsp3) is 0. The van der Waals surface area contributed by atoms with Crippen molar-refractivity contribution in [1.29, 1.82) is 0 Å². The molecular formula is C120H75N19S2. The van der Waals surface area contributed by atoms with Crippen LogP contribution in [0.3, 0.4) is 0 Å². The summed E-state index contributed by atoms with van der Waals surface area (Å²) in [5, 5.41) is 14.5. The summed E-state index contributed by atoms with van der Waals surface area (Å²) in [5.41, 5.74) is 17.8. The summed E-state index contributed by atoms with van der Waals surface area (Å²) in [5.74, 6) is 7.27. The van der Waals surface area contributed by atoms with Crippen molar-refractivity contribution in [2.24, 2.45) is 0 Å². The van der Waals surface area contributed by atoms with Gasteiger partial charge in [-0.25, -0.2) is 29.9 Å². The van der Waals surface area contributed by atoms with Crippen LogP contribution in [0.4, 0.5) is 0 Å². The van der Waals surface area contributed by atoms with Gasteiger partial charge in [0, 0.05) is 155 Å². The maximum absolute atomic E-state index is 5.01. The Morgan fingerprint density at radius 3 is 0.887 bits per heavy atom. The van der Waals surface area contributed by atoms with Gasteiger partial charge in [-0.1, -0.05) is 334 Å². The van der Waals surface area contributed by atoms with Gasteiger partial charge in [-0.15, -0.1) is 22.7 Å². The topological polar surface area (TPSA) is 189 Å². The maximum atomic E-state index is 5.01. The Labute approximate surface area is 812 Å². The first-order valence-electron chi connectivity index (χ1n) is 46.5. The summed E-state index contributed by atoms with van der Waals surface area (Å²) in [6.45, 7) is 0. The molecule has 0 bridgehead atoms. The second kappa shape index (κ2) is 34.1. The van der Waals surface area contributed by atoms with E-state index in [4.69, 9.17) is 59.8 Å². The van der Waals surface area contributed by atoms with E-state index >= 15 is 0 Å². The first kappa shape index (κ1) is 81.6. The summed E-state index contributed by atoms with van der Waals surface area (Å²) in [6.07, 6.45) is 11.2. The van der Waals surface area contributed by atoms with Gasteiger partial charge in [-0.2, -0.15) is 29.9 Å². The van der Waals surface area contributed by atoms with Gasteiger partial charge in [0.15, 0.2) is 34.9 Å². The number of para-hydroxylation sites is 5. The lowest BCUT2D eigenvalue weighted by Crippen LogP contribution is -2.10. The van der Waals surface area contributed by atoms with Crippen LogP contribution in [0.5, 0.6) is 0 Å². The molecule has 0 saturated carbocycles. The molecule has 0 fully saturated rings. The van der Waals surface area contributed by atoms with Crippen molar-refractivity contribution >= 4 is 150 Å². The third kappa shape index (κ3) is 14.2. The van der Waals surface area contributed by atoms with Crippen molar-refractivity contribution in [2.45, 2.75) is 0 Å². The van der Waals surface area contributed by atoms with Crippen molar-refractivity contribution in [1.82, 2.24) is 91.8 Å². The number of hydrogen-bond acceptors (Lipinski definition) is 14. The number of imidazole rings is 3. The Kier molecular flexibility index (Phi) is 19.8. The predicted octanol–water partition coefficient (Wildman–Crippen LogP) is 29.0. The van der Waals surface area contributed by atoms with Crippen LogP contribution < -0.4 is 0 Å². The van der Waals surface area contributed by atoms with E-state index in [1.54, 1.807) is 6.20 Å². The number of benzene rings is 17. The molecule has 0 atom stereocenters. The molecule has 0 unspecified atom stereocenters. The molecule has 0 saturated heterocycles. The Morgan fingerprint density at radius 1 is 0.177 bits per heavy atom. The Bertz CT molecular complexity index is 9700. The second-order valence-electron chi connectivity index (χ2n) is 34.4. The number of nitrogens with zero attached hydrogens (tertiary/aromatic N) is 19. The van der Waals surface area contributed by atoms with Crippen LogP contribution in [0.25, 0.3) is 248 Å². The van der Waals surface area contributed by atoms with Crippen molar-refractivity contribution in [3.63, 3.8) is 0 Å². The molecule has 0 spiro atoms. The minimum atomic E-state index is 0.491. The van der Waals surface area contributed by atoms with Crippen molar-refractivity contribution < 1.29 is 0 Å². The summed E-state index contributed by atoms with van der Waals surface area (Å²) in [7, 11) is 0. The Balaban J connectivity index is 0.000000107. The van der Waals surface area contributed by atoms with Gasteiger partial charge >= 0.3 is 0 Å². The summed E-state index contributed by atoms with van der Waals surface area (Å²) in [4.78, 5) is 59.4. The molecule has 0 N–H and O–H groups in total. The molecule has 12 aromatic heterocycles. The number of aromatic nitrogens is 19. The minimum Gasteiger partial charge on any atom is -0.309 e. The van der Waals surface area contributed by atoms with Gasteiger partial charge in [-0.05, 0) is 96.1 Å². The fourth-order valence-electron chi connectivity index (χ4n) is 19.8. The van der Waals surface area contributed by atoms with E-state index in [0.717, 1.165) is 100 Å². The zero-order chi connectivity index (χ0) is 93.0. The van der Waals surface area contributed by atoms with E-state index in [0.29, 0.717) is 64.7 Å². The second-order valence-corrected chi connectivity index (χ2v) is 36.6. The van der Waals surface area contributed by atoms with Gasteiger partial charge < -0.3 is 4.57 Å². The van der Waals surface area contributed by atoms with E-state index in [2.05, 4.69) is 255 Å². The van der Waals surface area contributed by atoms with E-state index in [1.165, 1.54) is 83.7 Å². The standard InChI is InChI=1S/C48H31N7.2C36H22N6S/c1-4-14-32(15-5-1)45-50-46(33-16-6-2-7-17-33)52-47(51-45)53-29-28-49-48(53)55-42-23-13-11-21-38(42)40-31-35(25-27-44(40)55)34-24-26-43-39(30-34)37-20-10-12-22-41(37)54(43)36-18-8-3-9-19-36;1-3-11-23(12-4-1)33-38-34(24-13-5-2-6-14-24)40-35(39-33)41-20-19-37-36(41)42-29-17-9-7-15-25(29)27-22-32-28(21-30(27)42)26-16-8-10-18-31(26)43-32;1-3-11-23(12-4-1)33-38-34(24-13-5-2-6-14-24)40-35(39-33)41-22-21-37-36(41)42-29-17-9-7-15-25(29)27-19-20-28-26-16-8-10-18-30(26)43-32(28)31(27)42/h1-31H;2*1-22H. The number of rotatable bonds is 14. The van der Waals surface area contributed by atoms with Crippen molar-refractivity contribution in [3.05, 3.63) is 456 Å². The molecule has 21 heteroatoms. The first-order valence-corrected chi connectivity index (χ1v) is 48.1. The molecule has 0 aliphatic heterocycles. The highest BCUT2D eigenvalue weighted by atomic mass is 32.1. The van der Waals surface area contributed by atoms with Gasteiger partial charge in [0.2, 0.25) is 35.7 Å². The zero-order valence-corrected chi connectivity index (χ0v) is 76.7. The zero-order valence-electron chi connectivity index (χ0n) is 75.1. The summed E-state index contributed by atoms with van der Waals surface area (Å²) < 4.78 is 20.0. The monoisotopic (exact) mass is 1850 g/mol. The van der Waals surface area contributed by atoms with Gasteiger partial charge in [0.1, 0.15) is 0 Å². The smallest absolute Gasteiger partial charge is 0.240 e. The highest BCUT2D eigenvalue weighted by Crippen LogP contribution is 2.47. The van der Waals surface area contributed by atoms with Crippen LogP contribution in [-0.4, -0.2) is 91.8 Å². The number of fused-ring (bicyclic) bond motifs is 19. The minimum absolute atomic E-state index is 0.491. The average Bonchev–Trinajstić information content (AvgIpc) is 1.55. The lowest BCUT2D eigenvalue weighted by Gasteiger charge is -2.12. The van der Waals surface area contributed by atoms with E-state index in [9.17, 15) is 0 Å². The van der Waals surface area contributed by atoms with Gasteiger partial charge in [0.05, 0.1) is 48.8 Å². The summed E-state index contributed by atoms with van der Waals surface area (Å²) in [6, 6.07) is 145. The fourth-order valence-corrected chi connectivity index (χ4v) is 22.2. The quantitative estimate of drug-likeness (QED) is 0.100. The van der Waals surface area contributed by atoms with Crippen molar-refractivity contribution in [3.8, 4) is 121 Å². The molecule has 29 rings (SSSR count). The van der Waals surface area contributed by atoms with Crippen molar-refractivity contribution in [2.75, 3.05) is 0 Å². The van der Waals surface area contributed by atoms with Crippen LogP contribution in [0.2, 0.25) is 0 Å². The maximum Gasteiger partial charge on any atom is 0.240 e. The molecular weight excluding hydrogens is 1770 g/mol. The normalized spacial score (nSPS) is 11.7. The van der Waals surface area contributed by atoms with Crippen LogP contribution in [-0.2, 0) is 0 Å². The number of thiophene rings is 2. The molecule has 0 radical (unpaired) electrons. The van der Waals surface area contributed by atoms with E-state index < -0.39 is 0 Å². The molecule has 662 valence electrons. The Morgan fingerprint density at radius 2 is 0.475 bits per heavy atom. The average molecular weight is 1850 g/mol. The lowest BCUT2D eigenvalue weighted by atomic mass is 10.0. The van der Waals surface area contributed by atoms with Crippen LogP contribution in [0, 0.1) is 0 Å². The molecule has 0 amide bonds. The molecule has 17 aromatic carbocycles. The molecule has 0 aliphatic rings. The molecule has 0 aliphatic carbocycles. The lowest BCUT2D eigenvalue weighted by molar-refractivity contribution is 0.859. The third-order valence-electron chi connectivity index (χ3n) is 26.2. The van der Waals surface area contributed by atoms with Gasteiger partial charge in [0.25, 0.3) is 0 Å². The highest BCUT2D eigenvalue weighted by Gasteiger charge is 2.28. The van der Waals surface area contributed by atoms with Gasteiger partial charge in [-0.3, -0.25) is 27.4 Å². The summed E-state index contributed by atoms with van der Waals surface area (Å²) >= 11 is 3.65. The highest BCUT2D eigenvalue weighted by molar-refractivity contribution is 7.27. The molecule has 19 nitrogen and oxygen atoms in total. The largest absolute Gasteiger partial charge is 0.309 e. The first-order chi connectivity index (χ1) is 69.9. The molecule has 12 heterocycles. The van der Waals surface area contributed by atoms with Crippen LogP contribution in [0.15, 0.2) is 456 Å². The molecule has 141 heavy (non-hydrogen) atoms. The van der Waals surface area contributed by atoms with E-state index in [-0.39, 0.29) is 0 Å². The number of hydrogen-bond donors (Lipinski definition) is 0. The molecule has 29 aromatic rings. The Hall–Kier alpha value is -19.0. The SMILES string of the molecule is c1ccc(-c2nc(-c3ccccc3)nc(-n3ccnc3-n3c4ccccc4c4cc(-c5ccc6c(c5)c5ccccc5n6-c5ccccc5)ccc43)n2)cc1.c1ccc(-c2nc(-c3ccccc3)nc(-n3ccnc3-n3c4ccccc4c4cc5sc6ccccc6c5cc43)n2)cc1.c1ccc(-c2nc(-c3ccccc3)nc(-n3ccnc3-n3c4ccccc4c4ccc5c6ccccc6sc5c43)n2)cc1. The third-order valence-corrected chi connectivity index (χ3v) is 28.5. The van der Waals surface area contributed by atoms with E-state index in [1.807, 2.05) is 249 Å². The predicted molar refractivity (Wildman–Crippen MR) is 572 cm³/mol. The van der Waals surface area contributed by atoms with Crippen LogP contribution in [0.1, 0.15) is 0 Å². The van der Waals surface area contributed by atoms with Crippen LogP contribution >= 0.6 is 22.7 Å².